The minimum atomic E-state index is -0.161. The van der Waals surface area contributed by atoms with Crippen molar-refractivity contribution in [3.05, 3.63) is 29.8 Å². The van der Waals surface area contributed by atoms with Gasteiger partial charge in [0.2, 0.25) is 5.91 Å². The molecular weight excluding hydrogens is 214 g/mol. The van der Waals surface area contributed by atoms with E-state index in [9.17, 15) is 4.79 Å². The Kier molecular flexibility index (Phi) is 5.18. The van der Waals surface area contributed by atoms with Crippen molar-refractivity contribution < 1.29 is 4.79 Å². The van der Waals surface area contributed by atoms with E-state index in [0.717, 1.165) is 12.8 Å². The van der Waals surface area contributed by atoms with E-state index in [0.29, 0.717) is 17.8 Å². The van der Waals surface area contributed by atoms with Crippen LogP contribution in [0.5, 0.6) is 0 Å². The van der Waals surface area contributed by atoms with Crippen molar-refractivity contribution in [1.82, 2.24) is 0 Å². The Bertz CT molecular complexity index is 423. The summed E-state index contributed by atoms with van der Waals surface area (Å²) < 4.78 is 0. The lowest BCUT2D eigenvalue weighted by Crippen LogP contribution is -2.29. The monoisotopic (exact) mass is 231 g/mol. The minimum Gasteiger partial charge on any atom is -0.330 e. The second-order valence-corrected chi connectivity index (χ2v) is 3.90. The lowest BCUT2D eigenvalue weighted by Gasteiger charge is -2.13. The number of carbonyl (C=O) groups excluding carboxylic acids is 1. The number of nitrogens with two attached hydrogens (primary N) is 1. The molecule has 0 saturated heterocycles. The van der Waals surface area contributed by atoms with Crippen LogP contribution in [0.1, 0.15) is 25.3 Å². The molecule has 1 atom stereocenters. The Morgan fingerprint density at radius 2 is 2.35 bits per heavy atom. The highest BCUT2D eigenvalue weighted by molar-refractivity contribution is 5.92. The maximum Gasteiger partial charge on any atom is 0.228 e. The number of nitrogens with one attached hydrogen (secondary N) is 1. The Morgan fingerprint density at radius 3 is 2.94 bits per heavy atom. The van der Waals surface area contributed by atoms with E-state index in [1.54, 1.807) is 24.3 Å². The van der Waals surface area contributed by atoms with Crippen molar-refractivity contribution in [1.29, 1.82) is 5.26 Å². The van der Waals surface area contributed by atoms with Gasteiger partial charge in [-0.2, -0.15) is 5.26 Å². The van der Waals surface area contributed by atoms with E-state index < -0.39 is 0 Å². The first-order valence-corrected chi connectivity index (χ1v) is 5.72. The van der Waals surface area contributed by atoms with Gasteiger partial charge in [-0.05, 0) is 24.6 Å². The summed E-state index contributed by atoms with van der Waals surface area (Å²) in [4.78, 5) is 11.9. The number of rotatable bonds is 5. The minimum absolute atomic E-state index is 0.0792. The zero-order chi connectivity index (χ0) is 12.7. The van der Waals surface area contributed by atoms with Crippen molar-refractivity contribution >= 4 is 11.6 Å². The smallest absolute Gasteiger partial charge is 0.228 e. The summed E-state index contributed by atoms with van der Waals surface area (Å²) in [5.74, 6) is -0.241. The van der Waals surface area contributed by atoms with Crippen molar-refractivity contribution in [3.8, 4) is 6.07 Å². The molecule has 17 heavy (non-hydrogen) atoms. The summed E-state index contributed by atoms with van der Waals surface area (Å²) >= 11 is 0. The number of amides is 1. The molecule has 0 aromatic heterocycles. The molecule has 0 aliphatic rings. The molecular formula is C13H17N3O. The predicted octanol–water partition coefficient (Wildman–Crippen LogP) is 1.87. The highest BCUT2D eigenvalue weighted by Crippen LogP contribution is 2.13. The van der Waals surface area contributed by atoms with Crippen LogP contribution in [0.2, 0.25) is 0 Å². The number of nitriles is 1. The van der Waals surface area contributed by atoms with Crippen LogP contribution in [0, 0.1) is 17.2 Å². The van der Waals surface area contributed by atoms with Crippen molar-refractivity contribution in [2.75, 3.05) is 11.9 Å². The molecule has 0 bridgehead atoms. The molecule has 90 valence electrons. The quantitative estimate of drug-likeness (QED) is 0.812. The standard InChI is InChI=1S/C13H17N3O/c1-2-4-11(9-15)13(17)16-12-6-3-5-10(7-12)8-14/h3,5-7,11H,2,4,9,15H2,1H3,(H,16,17). The highest BCUT2D eigenvalue weighted by Gasteiger charge is 2.15. The third-order valence-corrected chi connectivity index (χ3v) is 2.55. The van der Waals surface area contributed by atoms with E-state index in [2.05, 4.69) is 5.32 Å². The number of anilines is 1. The topological polar surface area (TPSA) is 78.9 Å². The molecule has 4 heteroatoms. The van der Waals surface area contributed by atoms with Crippen LogP contribution in [0.3, 0.4) is 0 Å². The zero-order valence-corrected chi connectivity index (χ0v) is 9.94. The molecule has 0 aliphatic heterocycles. The van der Waals surface area contributed by atoms with E-state index >= 15 is 0 Å². The lowest BCUT2D eigenvalue weighted by molar-refractivity contribution is -0.119. The van der Waals surface area contributed by atoms with Gasteiger partial charge in [-0.3, -0.25) is 4.79 Å². The molecule has 1 rings (SSSR count). The molecule has 1 aromatic rings. The van der Waals surface area contributed by atoms with E-state index in [1.165, 1.54) is 0 Å². The first-order chi connectivity index (χ1) is 8.21. The van der Waals surface area contributed by atoms with Gasteiger partial charge in [-0.1, -0.05) is 19.4 Å². The normalized spacial score (nSPS) is 11.6. The number of nitrogens with zero attached hydrogens (tertiary/aromatic N) is 1. The van der Waals surface area contributed by atoms with Crippen LogP contribution in [0.4, 0.5) is 5.69 Å². The van der Waals surface area contributed by atoms with Crippen molar-refractivity contribution in [2.45, 2.75) is 19.8 Å². The van der Waals surface area contributed by atoms with Gasteiger partial charge in [0.05, 0.1) is 17.6 Å². The molecule has 0 aliphatic carbocycles. The van der Waals surface area contributed by atoms with Gasteiger partial charge in [-0.25, -0.2) is 0 Å². The first kappa shape index (κ1) is 13.2. The summed E-state index contributed by atoms with van der Waals surface area (Å²) in [6.07, 6.45) is 1.70. The van der Waals surface area contributed by atoms with Crippen LogP contribution in [0.15, 0.2) is 24.3 Å². The molecule has 1 unspecified atom stereocenters. The van der Waals surface area contributed by atoms with E-state index in [4.69, 9.17) is 11.0 Å². The third kappa shape index (κ3) is 3.89. The second kappa shape index (κ2) is 6.66. The van der Waals surface area contributed by atoms with Gasteiger partial charge in [0, 0.05) is 12.2 Å². The molecule has 3 N–H and O–H groups in total. The van der Waals surface area contributed by atoms with Crippen LogP contribution < -0.4 is 11.1 Å². The van der Waals surface area contributed by atoms with Gasteiger partial charge >= 0.3 is 0 Å². The Morgan fingerprint density at radius 1 is 1.59 bits per heavy atom. The molecule has 1 amide bonds. The first-order valence-electron chi connectivity index (χ1n) is 5.72. The van der Waals surface area contributed by atoms with Crippen molar-refractivity contribution in [2.24, 2.45) is 11.7 Å². The maximum atomic E-state index is 11.9. The third-order valence-electron chi connectivity index (χ3n) is 2.55. The van der Waals surface area contributed by atoms with Gasteiger partial charge < -0.3 is 11.1 Å². The van der Waals surface area contributed by atoms with E-state index in [-0.39, 0.29) is 11.8 Å². The summed E-state index contributed by atoms with van der Waals surface area (Å²) in [5.41, 5.74) is 6.73. The fraction of sp³-hybridized carbons (Fsp3) is 0.385. The highest BCUT2D eigenvalue weighted by atomic mass is 16.1. The Hall–Kier alpha value is -1.86. The average Bonchev–Trinajstić information content (AvgIpc) is 2.36. The largest absolute Gasteiger partial charge is 0.330 e. The zero-order valence-electron chi connectivity index (χ0n) is 9.94. The molecule has 0 spiro atoms. The van der Waals surface area contributed by atoms with Gasteiger partial charge in [0.25, 0.3) is 0 Å². The fourth-order valence-corrected chi connectivity index (χ4v) is 1.62. The van der Waals surface area contributed by atoms with Crippen LogP contribution in [0.25, 0.3) is 0 Å². The summed E-state index contributed by atoms with van der Waals surface area (Å²) in [7, 11) is 0. The van der Waals surface area contributed by atoms with Crippen LogP contribution in [-0.2, 0) is 4.79 Å². The molecule has 4 nitrogen and oxygen atoms in total. The number of hydrogen-bond acceptors (Lipinski definition) is 3. The van der Waals surface area contributed by atoms with Gasteiger partial charge in [-0.15, -0.1) is 0 Å². The molecule has 0 saturated carbocycles. The number of hydrogen-bond donors (Lipinski definition) is 2. The summed E-state index contributed by atoms with van der Waals surface area (Å²) in [5, 5.41) is 11.5. The van der Waals surface area contributed by atoms with E-state index in [1.807, 2.05) is 13.0 Å². The number of carbonyl (C=O) groups is 1. The van der Waals surface area contributed by atoms with Crippen LogP contribution >= 0.6 is 0 Å². The second-order valence-electron chi connectivity index (χ2n) is 3.90. The molecule has 1 aromatic carbocycles. The summed E-state index contributed by atoms with van der Waals surface area (Å²) in [6, 6.07) is 8.88. The Balaban J connectivity index is 2.70. The molecule has 0 radical (unpaired) electrons. The van der Waals surface area contributed by atoms with Gasteiger partial charge in [0.15, 0.2) is 0 Å². The number of benzene rings is 1. The average molecular weight is 231 g/mol. The lowest BCUT2D eigenvalue weighted by atomic mass is 10.0. The van der Waals surface area contributed by atoms with Crippen molar-refractivity contribution in [3.63, 3.8) is 0 Å². The Labute approximate surface area is 101 Å². The predicted molar refractivity (Wildman–Crippen MR) is 67.2 cm³/mol. The molecule has 0 fully saturated rings. The van der Waals surface area contributed by atoms with Crippen LogP contribution in [-0.4, -0.2) is 12.5 Å². The maximum absolute atomic E-state index is 11.9. The van der Waals surface area contributed by atoms with Gasteiger partial charge in [0.1, 0.15) is 0 Å². The fourth-order valence-electron chi connectivity index (χ4n) is 1.62. The molecule has 0 heterocycles. The SMILES string of the molecule is CCCC(CN)C(=O)Nc1cccc(C#N)c1. The summed E-state index contributed by atoms with van der Waals surface area (Å²) in [6.45, 7) is 2.36.